The fraction of sp³-hybridized carbons (Fsp3) is 1.00. The third kappa shape index (κ3) is 4.12. The van der Waals surface area contributed by atoms with Crippen LogP contribution in [-0.2, 0) is 4.74 Å². The Morgan fingerprint density at radius 3 is 2.87 bits per heavy atom. The van der Waals surface area contributed by atoms with Crippen LogP contribution in [0.4, 0.5) is 0 Å². The number of hydrogen-bond acceptors (Lipinski definition) is 2. The maximum atomic E-state index is 5.27. The molecule has 0 amide bonds. The lowest BCUT2D eigenvalue weighted by Crippen LogP contribution is -2.29. The molecule has 3 unspecified atom stereocenters. The van der Waals surface area contributed by atoms with E-state index in [-0.39, 0.29) is 0 Å². The Hall–Kier alpha value is -0.0800. The first-order chi connectivity index (χ1) is 7.29. The van der Waals surface area contributed by atoms with Crippen LogP contribution in [0.5, 0.6) is 0 Å². The molecule has 0 spiro atoms. The second-order valence-corrected chi connectivity index (χ2v) is 4.99. The van der Waals surface area contributed by atoms with Gasteiger partial charge in [0.1, 0.15) is 0 Å². The van der Waals surface area contributed by atoms with E-state index < -0.39 is 0 Å². The zero-order valence-corrected chi connectivity index (χ0v) is 10.6. The number of nitrogens with one attached hydrogen (secondary N) is 1. The van der Waals surface area contributed by atoms with Crippen LogP contribution in [-0.4, -0.2) is 26.8 Å². The summed E-state index contributed by atoms with van der Waals surface area (Å²) in [7, 11) is 1.82. The molecule has 15 heavy (non-hydrogen) atoms. The molecule has 90 valence electrons. The minimum Gasteiger partial charge on any atom is -0.384 e. The minimum atomic E-state index is 0.728. The van der Waals surface area contributed by atoms with E-state index in [4.69, 9.17) is 4.74 Å². The minimum absolute atomic E-state index is 0.728. The highest BCUT2D eigenvalue weighted by atomic mass is 16.5. The molecular weight excluding hydrogens is 186 g/mol. The van der Waals surface area contributed by atoms with Crippen molar-refractivity contribution in [2.45, 2.75) is 39.5 Å². The monoisotopic (exact) mass is 213 g/mol. The van der Waals surface area contributed by atoms with Gasteiger partial charge in [-0.2, -0.15) is 0 Å². The van der Waals surface area contributed by atoms with Crippen molar-refractivity contribution in [2.75, 3.05) is 26.8 Å². The molecule has 0 aliphatic heterocycles. The summed E-state index contributed by atoms with van der Waals surface area (Å²) >= 11 is 0. The molecule has 1 aliphatic carbocycles. The van der Waals surface area contributed by atoms with Gasteiger partial charge in [-0.3, -0.25) is 0 Å². The van der Waals surface area contributed by atoms with Crippen molar-refractivity contribution in [1.29, 1.82) is 0 Å². The van der Waals surface area contributed by atoms with Crippen LogP contribution in [0.2, 0.25) is 0 Å². The Bertz CT molecular complexity index is 161. The van der Waals surface area contributed by atoms with Gasteiger partial charge in [-0.05, 0) is 50.1 Å². The average molecular weight is 213 g/mol. The number of methoxy groups -OCH3 is 1. The van der Waals surface area contributed by atoms with Gasteiger partial charge in [-0.15, -0.1) is 0 Å². The van der Waals surface area contributed by atoms with E-state index in [1.807, 2.05) is 7.11 Å². The average Bonchev–Trinajstić information content (AvgIpc) is 2.67. The Balaban J connectivity index is 2.28. The van der Waals surface area contributed by atoms with E-state index >= 15 is 0 Å². The summed E-state index contributed by atoms with van der Waals surface area (Å²) in [6.07, 6.45) is 5.47. The third-order valence-corrected chi connectivity index (χ3v) is 3.71. The Morgan fingerprint density at radius 1 is 1.40 bits per heavy atom. The van der Waals surface area contributed by atoms with Crippen molar-refractivity contribution in [3.63, 3.8) is 0 Å². The molecule has 1 saturated carbocycles. The summed E-state index contributed by atoms with van der Waals surface area (Å²) in [4.78, 5) is 0. The predicted octanol–water partition coefficient (Wildman–Crippen LogP) is 2.68. The van der Waals surface area contributed by atoms with Crippen LogP contribution in [0.3, 0.4) is 0 Å². The van der Waals surface area contributed by atoms with Crippen molar-refractivity contribution >= 4 is 0 Å². The van der Waals surface area contributed by atoms with Gasteiger partial charge in [0.15, 0.2) is 0 Å². The predicted molar refractivity (Wildman–Crippen MR) is 65.0 cm³/mol. The van der Waals surface area contributed by atoms with Crippen LogP contribution in [0.15, 0.2) is 0 Å². The summed E-state index contributed by atoms with van der Waals surface area (Å²) in [5.74, 6) is 2.50. The molecule has 0 heterocycles. The number of ether oxygens (including phenoxy) is 1. The second kappa shape index (κ2) is 7.24. The standard InChI is InChI=1S/C13H27NO/c1-4-8-14-9-12-6-5-7-13(12)11(2)10-15-3/h11-14H,4-10H2,1-3H3. The summed E-state index contributed by atoms with van der Waals surface area (Å²) in [5.41, 5.74) is 0. The Kier molecular flexibility index (Phi) is 6.26. The number of rotatable bonds is 7. The van der Waals surface area contributed by atoms with Crippen molar-refractivity contribution in [3.8, 4) is 0 Å². The van der Waals surface area contributed by atoms with Gasteiger partial charge in [-0.25, -0.2) is 0 Å². The molecule has 1 aliphatic rings. The Labute approximate surface area is 94.8 Å². The first-order valence-corrected chi connectivity index (χ1v) is 6.49. The van der Waals surface area contributed by atoms with E-state index in [0.29, 0.717) is 0 Å². The largest absolute Gasteiger partial charge is 0.384 e. The first-order valence-electron chi connectivity index (χ1n) is 6.49. The zero-order valence-electron chi connectivity index (χ0n) is 10.6. The highest BCUT2D eigenvalue weighted by molar-refractivity contribution is 4.82. The molecule has 0 aromatic heterocycles. The fourth-order valence-corrected chi connectivity index (χ4v) is 2.92. The molecule has 0 aromatic rings. The molecule has 1 N–H and O–H groups in total. The molecule has 0 saturated heterocycles. The van der Waals surface area contributed by atoms with Crippen molar-refractivity contribution in [1.82, 2.24) is 5.32 Å². The van der Waals surface area contributed by atoms with Gasteiger partial charge in [0.25, 0.3) is 0 Å². The van der Waals surface area contributed by atoms with Crippen LogP contribution in [0.1, 0.15) is 39.5 Å². The lowest BCUT2D eigenvalue weighted by atomic mass is 9.85. The van der Waals surface area contributed by atoms with Crippen molar-refractivity contribution in [3.05, 3.63) is 0 Å². The lowest BCUT2D eigenvalue weighted by molar-refractivity contribution is 0.115. The molecule has 3 atom stereocenters. The fourth-order valence-electron chi connectivity index (χ4n) is 2.92. The van der Waals surface area contributed by atoms with Gasteiger partial charge >= 0.3 is 0 Å². The highest BCUT2D eigenvalue weighted by Gasteiger charge is 2.30. The molecule has 1 rings (SSSR count). The van der Waals surface area contributed by atoms with E-state index in [1.165, 1.54) is 38.8 Å². The van der Waals surface area contributed by atoms with Crippen LogP contribution < -0.4 is 5.32 Å². The quantitative estimate of drug-likeness (QED) is 0.657. The van der Waals surface area contributed by atoms with Gasteiger partial charge in [-0.1, -0.05) is 20.3 Å². The molecule has 1 fully saturated rings. The van der Waals surface area contributed by atoms with Gasteiger partial charge in [0.2, 0.25) is 0 Å². The molecule has 0 aromatic carbocycles. The Morgan fingerprint density at radius 2 is 2.20 bits per heavy atom. The normalized spacial score (nSPS) is 28.2. The topological polar surface area (TPSA) is 21.3 Å². The van der Waals surface area contributed by atoms with Crippen LogP contribution in [0.25, 0.3) is 0 Å². The molecular formula is C13H27NO. The van der Waals surface area contributed by atoms with E-state index in [2.05, 4.69) is 19.2 Å². The number of hydrogen-bond donors (Lipinski definition) is 1. The lowest BCUT2D eigenvalue weighted by Gasteiger charge is -2.25. The van der Waals surface area contributed by atoms with E-state index in [1.54, 1.807) is 0 Å². The first kappa shape index (κ1) is 13.0. The van der Waals surface area contributed by atoms with Gasteiger partial charge in [0.05, 0.1) is 0 Å². The molecule has 2 heteroatoms. The summed E-state index contributed by atoms with van der Waals surface area (Å²) < 4.78 is 5.27. The third-order valence-electron chi connectivity index (χ3n) is 3.71. The highest BCUT2D eigenvalue weighted by Crippen LogP contribution is 2.36. The zero-order chi connectivity index (χ0) is 11.1. The van der Waals surface area contributed by atoms with E-state index in [0.717, 1.165) is 24.4 Å². The summed E-state index contributed by atoms with van der Waals surface area (Å²) in [5, 5.41) is 3.56. The molecule has 0 radical (unpaired) electrons. The van der Waals surface area contributed by atoms with Crippen LogP contribution >= 0.6 is 0 Å². The van der Waals surface area contributed by atoms with E-state index in [9.17, 15) is 0 Å². The van der Waals surface area contributed by atoms with Gasteiger partial charge in [0, 0.05) is 13.7 Å². The van der Waals surface area contributed by atoms with Crippen molar-refractivity contribution < 1.29 is 4.74 Å². The summed E-state index contributed by atoms with van der Waals surface area (Å²) in [6.45, 7) is 7.88. The van der Waals surface area contributed by atoms with Crippen LogP contribution in [0, 0.1) is 17.8 Å². The maximum absolute atomic E-state index is 5.27. The molecule has 2 nitrogen and oxygen atoms in total. The van der Waals surface area contributed by atoms with Crippen molar-refractivity contribution in [2.24, 2.45) is 17.8 Å². The maximum Gasteiger partial charge on any atom is 0.0490 e. The SMILES string of the molecule is CCCNCC1CCCC1C(C)COC. The summed E-state index contributed by atoms with van der Waals surface area (Å²) in [6, 6.07) is 0. The van der Waals surface area contributed by atoms with Gasteiger partial charge < -0.3 is 10.1 Å². The second-order valence-electron chi connectivity index (χ2n) is 4.99. The molecule has 0 bridgehead atoms. The smallest absolute Gasteiger partial charge is 0.0490 e.